The summed E-state index contributed by atoms with van der Waals surface area (Å²) in [7, 11) is 0. The lowest BCUT2D eigenvalue weighted by Gasteiger charge is -2.05. The van der Waals surface area contributed by atoms with E-state index >= 15 is 0 Å². The van der Waals surface area contributed by atoms with E-state index < -0.39 is 0 Å². The summed E-state index contributed by atoms with van der Waals surface area (Å²) < 4.78 is 12.7. The molecule has 1 rings (SSSR count). The summed E-state index contributed by atoms with van der Waals surface area (Å²) in [4.78, 5) is 15.4. The SMILES string of the molecule is CCCCNC(N)=NCC(=O)Nc1ccc(F)cc1. The van der Waals surface area contributed by atoms with Crippen LogP contribution in [0, 0.1) is 5.82 Å². The Morgan fingerprint density at radius 1 is 1.37 bits per heavy atom. The zero-order valence-electron chi connectivity index (χ0n) is 10.9. The van der Waals surface area contributed by atoms with Gasteiger partial charge in [-0.1, -0.05) is 13.3 Å². The van der Waals surface area contributed by atoms with E-state index in [0.29, 0.717) is 5.69 Å². The monoisotopic (exact) mass is 266 g/mol. The number of hydrogen-bond acceptors (Lipinski definition) is 2. The van der Waals surface area contributed by atoms with E-state index in [2.05, 4.69) is 22.5 Å². The number of unbranched alkanes of at least 4 members (excludes halogenated alkanes) is 1. The molecule has 1 aromatic carbocycles. The largest absolute Gasteiger partial charge is 0.370 e. The molecule has 1 aromatic rings. The van der Waals surface area contributed by atoms with Gasteiger partial charge in [0.05, 0.1) is 0 Å². The van der Waals surface area contributed by atoms with Crippen LogP contribution in [0.15, 0.2) is 29.3 Å². The third-order valence-corrected chi connectivity index (χ3v) is 2.36. The lowest BCUT2D eigenvalue weighted by molar-refractivity contribution is -0.114. The molecule has 0 spiro atoms. The van der Waals surface area contributed by atoms with Crippen LogP contribution in [0.1, 0.15) is 19.8 Å². The summed E-state index contributed by atoms with van der Waals surface area (Å²) in [5.41, 5.74) is 6.11. The second kappa shape index (κ2) is 8.07. The standard InChI is InChI=1S/C13H19FN4O/c1-2-3-8-16-13(15)17-9-12(19)18-11-6-4-10(14)5-7-11/h4-7H,2-3,8-9H2,1H3,(H,18,19)(H3,15,16,17). The number of nitrogens with two attached hydrogens (primary N) is 1. The van der Waals surface area contributed by atoms with Gasteiger partial charge in [-0.3, -0.25) is 4.79 Å². The number of carbonyl (C=O) groups is 1. The van der Waals surface area contributed by atoms with Crippen molar-refractivity contribution in [3.05, 3.63) is 30.1 Å². The quantitative estimate of drug-likeness (QED) is 0.414. The number of benzene rings is 1. The van der Waals surface area contributed by atoms with Crippen molar-refractivity contribution in [2.45, 2.75) is 19.8 Å². The number of rotatable bonds is 6. The molecule has 0 heterocycles. The van der Waals surface area contributed by atoms with Gasteiger partial charge in [0.25, 0.3) is 0 Å². The van der Waals surface area contributed by atoms with E-state index in [9.17, 15) is 9.18 Å². The van der Waals surface area contributed by atoms with Crippen LogP contribution in [0.25, 0.3) is 0 Å². The molecule has 0 aliphatic carbocycles. The van der Waals surface area contributed by atoms with Crippen LogP contribution >= 0.6 is 0 Å². The van der Waals surface area contributed by atoms with Crippen molar-refractivity contribution in [1.82, 2.24) is 5.32 Å². The topological polar surface area (TPSA) is 79.5 Å². The van der Waals surface area contributed by atoms with E-state index in [-0.39, 0.29) is 24.2 Å². The minimum absolute atomic E-state index is 0.0671. The first kappa shape index (κ1) is 14.9. The van der Waals surface area contributed by atoms with Crippen molar-refractivity contribution in [3.63, 3.8) is 0 Å². The van der Waals surface area contributed by atoms with Gasteiger partial charge in [-0.15, -0.1) is 0 Å². The van der Waals surface area contributed by atoms with E-state index in [0.717, 1.165) is 19.4 Å². The number of nitrogens with zero attached hydrogens (tertiary/aromatic N) is 1. The first-order valence-electron chi connectivity index (χ1n) is 6.21. The molecule has 0 fully saturated rings. The maximum absolute atomic E-state index is 12.7. The highest BCUT2D eigenvalue weighted by atomic mass is 19.1. The first-order valence-corrected chi connectivity index (χ1v) is 6.21. The molecule has 0 unspecified atom stereocenters. The summed E-state index contributed by atoms with van der Waals surface area (Å²) in [6.07, 6.45) is 2.06. The van der Waals surface area contributed by atoms with Crippen LogP contribution < -0.4 is 16.4 Å². The molecule has 4 N–H and O–H groups in total. The second-order valence-corrected chi connectivity index (χ2v) is 4.04. The smallest absolute Gasteiger partial charge is 0.246 e. The highest BCUT2D eigenvalue weighted by molar-refractivity contribution is 5.93. The molecule has 0 saturated heterocycles. The minimum atomic E-state index is -0.347. The van der Waals surface area contributed by atoms with E-state index in [1.807, 2.05) is 0 Å². The van der Waals surface area contributed by atoms with Crippen molar-refractivity contribution in [2.24, 2.45) is 10.7 Å². The van der Waals surface area contributed by atoms with Gasteiger partial charge in [-0.05, 0) is 30.7 Å². The number of anilines is 1. The lowest BCUT2D eigenvalue weighted by Crippen LogP contribution is -2.33. The number of aliphatic imine (C=N–C) groups is 1. The van der Waals surface area contributed by atoms with Crippen LogP contribution in [-0.4, -0.2) is 25.0 Å². The highest BCUT2D eigenvalue weighted by Gasteiger charge is 2.01. The summed E-state index contributed by atoms with van der Waals surface area (Å²) >= 11 is 0. The van der Waals surface area contributed by atoms with Gasteiger partial charge in [0.2, 0.25) is 5.91 Å². The summed E-state index contributed by atoms with van der Waals surface area (Å²) in [6.45, 7) is 2.75. The van der Waals surface area contributed by atoms with E-state index in [4.69, 9.17) is 5.73 Å². The maximum atomic E-state index is 12.7. The van der Waals surface area contributed by atoms with Crippen LogP contribution in [-0.2, 0) is 4.79 Å². The highest BCUT2D eigenvalue weighted by Crippen LogP contribution is 2.07. The second-order valence-electron chi connectivity index (χ2n) is 4.04. The average Bonchev–Trinajstić information content (AvgIpc) is 2.39. The number of hydrogen-bond donors (Lipinski definition) is 3. The van der Waals surface area contributed by atoms with Gasteiger partial charge in [0.15, 0.2) is 5.96 Å². The number of carbonyl (C=O) groups excluding carboxylic acids is 1. The van der Waals surface area contributed by atoms with Crippen molar-refractivity contribution in [2.75, 3.05) is 18.4 Å². The number of halogens is 1. The van der Waals surface area contributed by atoms with Crippen LogP contribution in [0.5, 0.6) is 0 Å². The molecule has 1 amide bonds. The number of guanidine groups is 1. The predicted octanol–water partition coefficient (Wildman–Crippen LogP) is 1.47. The lowest BCUT2D eigenvalue weighted by atomic mass is 10.3. The average molecular weight is 266 g/mol. The fraction of sp³-hybridized carbons (Fsp3) is 0.385. The van der Waals surface area contributed by atoms with E-state index in [1.54, 1.807) is 0 Å². The zero-order valence-corrected chi connectivity index (χ0v) is 10.9. The Morgan fingerprint density at radius 3 is 2.68 bits per heavy atom. The molecule has 0 aliphatic heterocycles. The van der Waals surface area contributed by atoms with Gasteiger partial charge >= 0.3 is 0 Å². The first-order chi connectivity index (χ1) is 9.11. The molecular formula is C13H19FN4O. The van der Waals surface area contributed by atoms with Gasteiger partial charge in [-0.25, -0.2) is 9.38 Å². The maximum Gasteiger partial charge on any atom is 0.246 e. The van der Waals surface area contributed by atoms with Crippen LogP contribution in [0.2, 0.25) is 0 Å². The summed E-state index contributed by atoms with van der Waals surface area (Å²) in [6, 6.07) is 5.53. The molecule has 0 saturated carbocycles. The molecule has 19 heavy (non-hydrogen) atoms. The fourth-order valence-corrected chi connectivity index (χ4v) is 1.34. The molecule has 0 aliphatic rings. The van der Waals surface area contributed by atoms with Gasteiger partial charge < -0.3 is 16.4 Å². The predicted molar refractivity (Wildman–Crippen MR) is 74.4 cm³/mol. The fourth-order valence-electron chi connectivity index (χ4n) is 1.34. The third-order valence-electron chi connectivity index (χ3n) is 2.36. The third kappa shape index (κ3) is 6.40. The summed E-state index contributed by atoms with van der Waals surface area (Å²) in [5, 5.41) is 5.50. The Labute approximate surface area is 112 Å². The normalized spacial score (nSPS) is 11.2. The Bertz CT molecular complexity index is 431. The van der Waals surface area contributed by atoms with Crippen molar-refractivity contribution in [1.29, 1.82) is 0 Å². The van der Waals surface area contributed by atoms with Crippen LogP contribution in [0.3, 0.4) is 0 Å². The number of nitrogens with one attached hydrogen (secondary N) is 2. The van der Waals surface area contributed by atoms with Crippen molar-refractivity contribution >= 4 is 17.6 Å². The number of amides is 1. The van der Waals surface area contributed by atoms with Gasteiger partial charge in [0, 0.05) is 12.2 Å². The molecular weight excluding hydrogens is 247 g/mol. The zero-order chi connectivity index (χ0) is 14.1. The Hall–Kier alpha value is -2.11. The van der Waals surface area contributed by atoms with E-state index in [1.165, 1.54) is 24.3 Å². The molecule has 0 aromatic heterocycles. The van der Waals surface area contributed by atoms with Gasteiger partial charge in [0.1, 0.15) is 12.4 Å². The van der Waals surface area contributed by atoms with Crippen molar-refractivity contribution in [3.8, 4) is 0 Å². The molecule has 6 heteroatoms. The van der Waals surface area contributed by atoms with Crippen molar-refractivity contribution < 1.29 is 9.18 Å². The van der Waals surface area contributed by atoms with Gasteiger partial charge in [-0.2, -0.15) is 0 Å². The Balaban J connectivity index is 2.34. The summed E-state index contributed by atoms with van der Waals surface area (Å²) in [5.74, 6) is -0.394. The molecule has 104 valence electrons. The molecule has 5 nitrogen and oxygen atoms in total. The Morgan fingerprint density at radius 2 is 2.05 bits per heavy atom. The molecule has 0 radical (unpaired) electrons. The Kier molecular flexibility index (Phi) is 6.35. The molecule has 0 atom stereocenters. The molecule has 0 bridgehead atoms. The minimum Gasteiger partial charge on any atom is -0.370 e. The van der Waals surface area contributed by atoms with Crippen LogP contribution in [0.4, 0.5) is 10.1 Å².